The summed E-state index contributed by atoms with van der Waals surface area (Å²) >= 11 is 0. The van der Waals surface area contributed by atoms with Gasteiger partial charge in [-0.1, -0.05) is 44.2 Å². The highest BCUT2D eigenvalue weighted by Gasteiger charge is 2.21. The Morgan fingerprint density at radius 2 is 1.89 bits per heavy atom. The summed E-state index contributed by atoms with van der Waals surface area (Å²) < 4.78 is 0. The van der Waals surface area contributed by atoms with Gasteiger partial charge in [0.15, 0.2) is 0 Å². The number of rotatable bonds is 8. The summed E-state index contributed by atoms with van der Waals surface area (Å²) in [6, 6.07) is 10.2. The lowest BCUT2D eigenvalue weighted by Gasteiger charge is -2.20. The number of nitrogens with two attached hydrogens (primary N) is 1. The van der Waals surface area contributed by atoms with Gasteiger partial charge in [-0.25, -0.2) is 0 Å². The van der Waals surface area contributed by atoms with Gasteiger partial charge in [0.05, 0.1) is 0 Å². The topological polar surface area (TPSA) is 55.1 Å². The predicted molar refractivity (Wildman–Crippen MR) is 79.8 cm³/mol. The molecule has 1 atom stereocenters. The minimum Gasteiger partial charge on any atom is -0.356 e. The first-order valence-corrected chi connectivity index (χ1v) is 7.17. The van der Waals surface area contributed by atoms with Crippen molar-refractivity contribution in [1.82, 2.24) is 5.32 Å². The van der Waals surface area contributed by atoms with Crippen LogP contribution in [0, 0.1) is 11.8 Å². The maximum Gasteiger partial charge on any atom is 0.223 e. The molecule has 1 aromatic rings. The van der Waals surface area contributed by atoms with Crippen LogP contribution in [0.1, 0.15) is 32.3 Å². The van der Waals surface area contributed by atoms with Gasteiger partial charge in [0.2, 0.25) is 5.91 Å². The van der Waals surface area contributed by atoms with E-state index in [4.69, 9.17) is 5.73 Å². The van der Waals surface area contributed by atoms with E-state index in [1.165, 1.54) is 5.56 Å². The number of hydrogen-bond donors (Lipinski definition) is 2. The van der Waals surface area contributed by atoms with Crippen LogP contribution in [0.4, 0.5) is 0 Å². The smallest absolute Gasteiger partial charge is 0.223 e. The van der Waals surface area contributed by atoms with Crippen molar-refractivity contribution in [3.05, 3.63) is 35.9 Å². The summed E-state index contributed by atoms with van der Waals surface area (Å²) in [7, 11) is 0. The molecule has 1 rings (SSSR count). The third kappa shape index (κ3) is 5.88. The first-order chi connectivity index (χ1) is 9.15. The van der Waals surface area contributed by atoms with Crippen LogP contribution in [-0.2, 0) is 11.2 Å². The van der Waals surface area contributed by atoms with Gasteiger partial charge in [0, 0.05) is 12.5 Å². The van der Waals surface area contributed by atoms with Crippen molar-refractivity contribution in [3.63, 3.8) is 0 Å². The second kappa shape index (κ2) is 8.70. The highest BCUT2D eigenvalue weighted by Crippen LogP contribution is 2.17. The van der Waals surface area contributed by atoms with Crippen LogP contribution in [0.15, 0.2) is 30.3 Å². The third-order valence-corrected chi connectivity index (χ3v) is 3.37. The first kappa shape index (κ1) is 15.7. The number of nitrogens with one attached hydrogen (secondary N) is 1. The van der Waals surface area contributed by atoms with Gasteiger partial charge in [-0.15, -0.1) is 0 Å². The summed E-state index contributed by atoms with van der Waals surface area (Å²) in [6.07, 6.45) is 2.73. The molecular weight excluding hydrogens is 236 g/mol. The second-order valence-corrected chi connectivity index (χ2v) is 5.33. The number of benzene rings is 1. The molecule has 1 amide bonds. The third-order valence-electron chi connectivity index (χ3n) is 3.37. The van der Waals surface area contributed by atoms with Crippen molar-refractivity contribution < 1.29 is 4.79 Å². The summed E-state index contributed by atoms with van der Waals surface area (Å²) in [5.74, 6) is 0.547. The lowest BCUT2D eigenvalue weighted by atomic mass is 9.88. The average Bonchev–Trinajstić information content (AvgIpc) is 2.41. The van der Waals surface area contributed by atoms with Crippen molar-refractivity contribution >= 4 is 5.91 Å². The maximum atomic E-state index is 12.2. The fourth-order valence-electron chi connectivity index (χ4n) is 2.11. The monoisotopic (exact) mass is 262 g/mol. The molecular formula is C16H26N2O. The Morgan fingerprint density at radius 1 is 1.21 bits per heavy atom. The summed E-state index contributed by atoms with van der Waals surface area (Å²) in [5.41, 5.74) is 6.66. The predicted octanol–water partition coefficient (Wildman–Crippen LogP) is 2.36. The molecule has 1 aromatic carbocycles. The van der Waals surface area contributed by atoms with E-state index in [0.29, 0.717) is 12.5 Å². The van der Waals surface area contributed by atoms with Gasteiger partial charge in [-0.05, 0) is 37.3 Å². The van der Waals surface area contributed by atoms with Gasteiger partial charge in [0.1, 0.15) is 0 Å². The molecule has 1 unspecified atom stereocenters. The van der Waals surface area contributed by atoms with Crippen molar-refractivity contribution in [2.75, 3.05) is 13.1 Å². The molecule has 19 heavy (non-hydrogen) atoms. The SMILES string of the molecule is CC(C)C(Cc1ccccc1)C(=O)NCCCCN. The van der Waals surface area contributed by atoms with Crippen molar-refractivity contribution in [1.29, 1.82) is 0 Å². The van der Waals surface area contributed by atoms with E-state index in [9.17, 15) is 4.79 Å². The van der Waals surface area contributed by atoms with Crippen LogP contribution in [0.25, 0.3) is 0 Å². The lowest BCUT2D eigenvalue weighted by Crippen LogP contribution is -2.35. The molecule has 0 aromatic heterocycles. The number of amides is 1. The Kier molecular flexibility index (Phi) is 7.19. The minimum atomic E-state index is 0.0419. The molecule has 0 heterocycles. The first-order valence-electron chi connectivity index (χ1n) is 7.17. The molecule has 0 saturated heterocycles. The van der Waals surface area contributed by atoms with Gasteiger partial charge >= 0.3 is 0 Å². The molecule has 0 aliphatic heterocycles. The lowest BCUT2D eigenvalue weighted by molar-refractivity contribution is -0.126. The summed E-state index contributed by atoms with van der Waals surface area (Å²) in [6.45, 7) is 5.63. The molecule has 0 saturated carbocycles. The van der Waals surface area contributed by atoms with Gasteiger partial charge in [-0.3, -0.25) is 4.79 Å². The van der Waals surface area contributed by atoms with Gasteiger partial charge in [0.25, 0.3) is 0 Å². The van der Waals surface area contributed by atoms with Crippen LogP contribution in [0.3, 0.4) is 0 Å². The zero-order chi connectivity index (χ0) is 14.1. The van der Waals surface area contributed by atoms with E-state index < -0.39 is 0 Å². The number of hydrogen-bond acceptors (Lipinski definition) is 2. The Balaban J connectivity index is 2.50. The molecule has 0 aliphatic carbocycles. The zero-order valence-corrected chi connectivity index (χ0v) is 12.1. The van der Waals surface area contributed by atoms with Crippen LogP contribution < -0.4 is 11.1 Å². The molecule has 3 nitrogen and oxygen atoms in total. The maximum absolute atomic E-state index is 12.2. The van der Waals surface area contributed by atoms with E-state index in [2.05, 4.69) is 31.3 Å². The molecule has 3 heteroatoms. The number of unbranched alkanes of at least 4 members (excludes halogenated alkanes) is 1. The van der Waals surface area contributed by atoms with Crippen LogP contribution in [0.2, 0.25) is 0 Å². The standard InChI is InChI=1S/C16H26N2O/c1-13(2)15(12-14-8-4-3-5-9-14)16(19)18-11-7-6-10-17/h3-5,8-9,13,15H,6-7,10-12,17H2,1-2H3,(H,18,19). The fraction of sp³-hybridized carbons (Fsp3) is 0.562. The van der Waals surface area contributed by atoms with E-state index in [-0.39, 0.29) is 11.8 Å². The normalized spacial score (nSPS) is 12.4. The summed E-state index contributed by atoms with van der Waals surface area (Å²) in [5, 5.41) is 3.02. The van der Waals surface area contributed by atoms with Crippen molar-refractivity contribution in [2.45, 2.75) is 33.1 Å². The van der Waals surface area contributed by atoms with E-state index in [0.717, 1.165) is 25.8 Å². The fourth-order valence-corrected chi connectivity index (χ4v) is 2.11. The second-order valence-electron chi connectivity index (χ2n) is 5.33. The molecule has 0 spiro atoms. The van der Waals surface area contributed by atoms with Gasteiger partial charge in [-0.2, -0.15) is 0 Å². The number of carbonyl (C=O) groups excluding carboxylic acids is 1. The Bertz CT molecular complexity index is 362. The Hall–Kier alpha value is -1.35. The Morgan fingerprint density at radius 3 is 2.47 bits per heavy atom. The van der Waals surface area contributed by atoms with Crippen LogP contribution >= 0.6 is 0 Å². The molecule has 0 radical (unpaired) electrons. The molecule has 0 bridgehead atoms. The highest BCUT2D eigenvalue weighted by atomic mass is 16.1. The van der Waals surface area contributed by atoms with E-state index in [1.807, 2.05) is 18.2 Å². The van der Waals surface area contributed by atoms with Crippen LogP contribution in [-0.4, -0.2) is 19.0 Å². The van der Waals surface area contributed by atoms with Gasteiger partial charge < -0.3 is 11.1 Å². The molecule has 106 valence electrons. The van der Waals surface area contributed by atoms with Crippen molar-refractivity contribution in [3.8, 4) is 0 Å². The minimum absolute atomic E-state index is 0.0419. The van der Waals surface area contributed by atoms with Crippen molar-refractivity contribution in [2.24, 2.45) is 17.6 Å². The number of carbonyl (C=O) groups is 1. The highest BCUT2D eigenvalue weighted by molar-refractivity contribution is 5.79. The zero-order valence-electron chi connectivity index (χ0n) is 12.1. The molecule has 0 aliphatic rings. The summed E-state index contributed by atoms with van der Waals surface area (Å²) in [4.78, 5) is 12.2. The molecule has 3 N–H and O–H groups in total. The average molecular weight is 262 g/mol. The van der Waals surface area contributed by atoms with E-state index in [1.54, 1.807) is 0 Å². The quantitative estimate of drug-likeness (QED) is 0.707. The van der Waals surface area contributed by atoms with Crippen LogP contribution in [0.5, 0.6) is 0 Å². The molecule has 0 fully saturated rings. The van der Waals surface area contributed by atoms with E-state index >= 15 is 0 Å². The largest absolute Gasteiger partial charge is 0.356 e. The Labute approximate surface area is 116 Å².